The lowest BCUT2D eigenvalue weighted by atomic mass is 9.99. The van der Waals surface area contributed by atoms with Crippen molar-refractivity contribution in [3.63, 3.8) is 0 Å². The third kappa shape index (κ3) is 6.72. The lowest BCUT2D eigenvalue weighted by Gasteiger charge is -2.38. The van der Waals surface area contributed by atoms with Gasteiger partial charge in [0.15, 0.2) is 0 Å². The van der Waals surface area contributed by atoms with Crippen molar-refractivity contribution in [3.05, 3.63) is 72.6 Å². The minimum atomic E-state index is -0.483. The number of nitrogens with one attached hydrogen (secondary N) is 2. The summed E-state index contributed by atoms with van der Waals surface area (Å²) >= 11 is 0. The number of anilines is 2. The summed E-state index contributed by atoms with van der Waals surface area (Å²) in [5.74, 6) is -0.578. The van der Waals surface area contributed by atoms with Gasteiger partial charge in [0.25, 0.3) is 5.91 Å². The normalized spacial score (nSPS) is 17.3. The fourth-order valence-corrected chi connectivity index (χ4v) is 5.02. The van der Waals surface area contributed by atoms with Crippen LogP contribution in [0.2, 0.25) is 0 Å². The number of ether oxygens (including phenoxy) is 1. The third-order valence-corrected chi connectivity index (χ3v) is 7.48. The Morgan fingerprint density at radius 1 is 1.14 bits per heavy atom. The average molecular weight is 587 g/mol. The molecule has 13 heteroatoms. The number of nitrogens with zero attached hydrogens (tertiary/aromatic N) is 6. The molecule has 3 aromatic carbocycles. The Hall–Kier alpha value is -5.04. The number of fused-ring (bicyclic) bond motifs is 2. The zero-order valence-electron chi connectivity index (χ0n) is 24.2. The molecule has 1 aliphatic rings. The SMILES string of the molecule is C[C@@H]1CN([C@H](C)CO)C(=O)c2cc(NC(=O)Cn3cnnn3)ccc2O[C@@H]1CN(C)C(=O)Nc1cccc2ccccc12. The van der Waals surface area contributed by atoms with Gasteiger partial charge in [-0.15, -0.1) is 5.10 Å². The van der Waals surface area contributed by atoms with E-state index in [-0.39, 0.29) is 49.0 Å². The first-order valence-electron chi connectivity index (χ1n) is 14.0. The number of carbonyl (C=O) groups is 3. The fraction of sp³-hybridized carbons (Fsp3) is 0.333. The van der Waals surface area contributed by atoms with Crippen molar-refractivity contribution in [2.75, 3.05) is 37.4 Å². The largest absolute Gasteiger partial charge is 0.487 e. The predicted molar refractivity (Wildman–Crippen MR) is 160 cm³/mol. The number of urea groups is 1. The van der Waals surface area contributed by atoms with Crippen molar-refractivity contribution in [1.29, 1.82) is 0 Å². The van der Waals surface area contributed by atoms with Crippen LogP contribution in [0.1, 0.15) is 24.2 Å². The van der Waals surface area contributed by atoms with Crippen molar-refractivity contribution in [3.8, 4) is 5.75 Å². The molecule has 3 atom stereocenters. The second-order valence-electron chi connectivity index (χ2n) is 10.7. The van der Waals surface area contributed by atoms with Gasteiger partial charge in [0.05, 0.1) is 30.4 Å². The Labute approximate surface area is 248 Å². The summed E-state index contributed by atoms with van der Waals surface area (Å²) in [7, 11) is 1.69. The van der Waals surface area contributed by atoms with E-state index in [9.17, 15) is 19.5 Å². The van der Waals surface area contributed by atoms with Gasteiger partial charge in [-0.2, -0.15) is 0 Å². The topological polar surface area (TPSA) is 155 Å². The van der Waals surface area contributed by atoms with Crippen LogP contribution in [0.4, 0.5) is 16.2 Å². The molecule has 13 nitrogen and oxygen atoms in total. The summed E-state index contributed by atoms with van der Waals surface area (Å²) in [4.78, 5) is 42.6. The van der Waals surface area contributed by atoms with E-state index in [1.54, 1.807) is 42.0 Å². The maximum absolute atomic E-state index is 13.7. The molecule has 0 radical (unpaired) electrons. The summed E-state index contributed by atoms with van der Waals surface area (Å²) < 4.78 is 7.67. The van der Waals surface area contributed by atoms with Gasteiger partial charge < -0.3 is 30.3 Å². The molecular formula is C30H34N8O5. The second-order valence-corrected chi connectivity index (χ2v) is 10.7. The number of aliphatic hydroxyl groups excluding tert-OH is 1. The quantitative estimate of drug-likeness (QED) is 0.285. The van der Waals surface area contributed by atoms with E-state index < -0.39 is 12.1 Å². The van der Waals surface area contributed by atoms with Gasteiger partial charge in [0.1, 0.15) is 24.7 Å². The minimum absolute atomic E-state index is 0.102. The Bertz CT molecular complexity index is 1610. The monoisotopic (exact) mass is 586 g/mol. The van der Waals surface area contributed by atoms with Crippen molar-refractivity contribution >= 4 is 40.0 Å². The highest BCUT2D eigenvalue weighted by Crippen LogP contribution is 2.31. The molecule has 0 fully saturated rings. The number of amides is 4. The van der Waals surface area contributed by atoms with Gasteiger partial charge >= 0.3 is 6.03 Å². The molecule has 5 rings (SSSR count). The number of hydrogen-bond donors (Lipinski definition) is 3. The Balaban J connectivity index is 1.36. The lowest BCUT2D eigenvalue weighted by molar-refractivity contribution is -0.116. The van der Waals surface area contributed by atoms with E-state index >= 15 is 0 Å². The fourth-order valence-electron chi connectivity index (χ4n) is 5.02. The lowest BCUT2D eigenvalue weighted by Crippen LogP contribution is -2.50. The Morgan fingerprint density at radius 2 is 1.93 bits per heavy atom. The Morgan fingerprint density at radius 3 is 2.70 bits per heavy atom. The number of likely N-dealkylation sites (N-methyl/N-ethyl adjacent to an activating group) is 1. The molecule has 4 amide bonds. The summed E-state index contributed by atoms with van der Waals surface area (Å²) in [5, 5.41) is 28.4. The predicted octanol–water partition coefficient (Wildman–Crippen LogP) is 2.85. The van der Waals surface area contributed by atoms with Gasteiger partial charge in [-0.1, -0.05) is 43.3 Å². The molecule has 224 valence electrons. The number of aromatic nitrogens is 4. The molecule has 0 saturated carbocycles. The van der Waals surface area contributed by atoms with Gasteiger partial charge in [-0.25, -0.2) is 9.48 Å². The van der Waals surface area contributed by atoms with Crippen LogP contribution >= 0.6 is 0 Å². The van der Waals surface area contributed by atoms with Crippen LogP contribution in [0.3, 0.4) is 0 Å². The smallest absolute Gasteiger partial charge is 0.321 e. The number of hydrogen-bond acceptors (Lipinski definition) is 8. The van der Waals surface area contributed by atoms with Crippen molar-refractivity contribution in [1.82, 2.24) is 30.0 Å². The van der Waals surface area contributed by atoms with Gasteiger partial charge in [0.2, 0.25) is 5.91 Å². The highest BCUT2D eigenvalue weighted by Gasteiger charge is 2.34. The molecule has 0 spiro atoms. The molecule has 2 heterocycles. The number of tetrazole rings is 1. The average Bonchev–Trinajstić information content (AvgIpc) is 3.51. The van der Waals surface area contributed by atoms with E-state index in [2.05, 4.69) is 26.2 Å². The van der Waals surface area contributed by atoms with E-state index in [1.807, 2.05) is 49.4 Å². The molecular weight excluding hydrogens is 552 g/mol. The van der Waals surface area contributed by atoms with Crippen LogP contribution in [0.5, 0.6) is 5.75 Å². The highest BCUT2D eigenvalue weighted by atomic mass is 16.5. The van der Waals surface area contributed by atoms with Crippen LogP contribution in [-0.2, 0) is 11.3 Å². The van der Waals surface area contributed by atoms with E-state index in [0.29, 0.717) is 23.7 Å². The number of aliphatic hydroxyl groups is 1. The zero-order valence-corrected chi connectivity index (χ0v) is 24.2. The first-order valence-corrected chi connectivity index (χ1v) is 14.0. The first kappa shape index (κ1) is 29.5. The molecule has 1 aromatic heterocycles. The van der Waals surface area contributed by atoms with Crippen LogP contribution < -0.4 is 15.4 Å². The molecule has 0 unspecified atom stereocenters. The number of carbonyl (C=O) groups excluding carboxylic acids is 3. The molecule has 4 aromatic rings. The summed E-state index contributed by atoms with van der Waals surface area (Å²) in [5.41, 5.74) is 1.33. The maximum atomic E-state index is 13.7. The standard InChI is InChI=1S/C30H34N8O5/c1-19-14-38(20(2)17-39)29(41)24-13-22(32-28(40)16-37-18-31-34-35-37)11-12-26(24)43-27(19)15-36(3)30(42)33-25-10-6-8-21-7-4-5-9-23(21)25/h4-13,18-20,27,39H,14-17H2,1-3H3,(H,32,40)(H,33,42)/t19-,20-,27-/m1/s1. The van der Waals surface area contributed by atoms with E-state index in [1.165, 1.54) is 11.0 Å². The maximum Gasteiger partial charge on any atom is 0.321 e. The van der Waals surface area contributed by atoms with Crippen LogP contribution in [0, 0.1) is 5.92 Å². The zero-order chi connectivity index (χ0) is 30.5. The van der Waals surface area contributed by atoms with Crippen molar-refractivity contribution in [2.45, 2.75) is 32.5 Å². The molecule has 0 aliphatic carbocycles. The molecule has 0 bridgehead atoms. The molecule has 43 heavy (non-hydrogen) atoms. The van der Waals surface area contributed by atoms with Crippen LogP contribution in [0.15, 0.2) is 67.0 Å². The van der Waals surface area contributed by atoms with E-state index in [0.717, 1.165) is 10.8 Å². The minimum Gasteiger partial charge on any atom is -0.487 e. The second kappa shape index (κ2) is 12.9. The molecule has 1 aliphatic heterocycles. The molecule has 3 N–H and O–H groups in total. The van der Waals surface area contributed by atoms with E-state index in [4.69, 9.17) is 4.74 Å². The van der Waals surface area contributed by atoms with Crippen molar-refractivity contribution in [2.24, 2.45) is 5.92 Å². The van der Waals surface area contributed by atoms with Crippen LogP contribution in [-0.4, -0.2) is 91.8 Å². The van der Waals surface area contributed by atoms with Gasteiger partial charge in [0, 0.05) is 30.6 Å². The van der Waals surface area contributed by atoms with Crippen molar-refractivity contribution < 1.29 is 24.2 Å². The summed E-state index contributed by atoms with van der Waals surface area (Å²) in [6.07, 6.45) is 0.843. The summed E-state index contributed by atoms with van der Waals surface area (Å²) in [6.45, 7) is 3.91. The van der Waals surface area contributed by atoms with Gasteiger partial charge in [-0.05, 0) is 47.0 Å². The van der Waals surface area contributed by atoms with Gasteiger partial charge in [-0.3, -0.25) is 9.59 Å². The number of benzene rings is 3. The Kier molecular flexibility index (Phi) is 8.81. The third-order valence-electron chi connectivity index (χ3n) is 7.48. The number of rotatable bonds is 8. The highest BCUT2D eigenvalue weighted by molar-refractivity contribution is 6.02. The first-order chi connectivity index (χ1) is 20.7. The molecule has 0 saturated heterocycles. The van der Waals surface area contributed by atoms with Crippen LogP contribution in [0.25, 0.3) is 10.8 Å². The summed E-state index contributed by atoms with van der Waals surface area (Å²) in [6, 6.07) is 17.6.